The lowest BCUT2D eigenvalue weighted by atomic mass is 10.2. The summed E-state index contributed by atoms with van der Waals surface area (Å²) in [5.74, 6) is 0.665. The summed E-state index contributed by atoms with van der Waals surface area (Å²) in [6.45, 7) is 5.55. The van der Waals surface area contributed by atoms with E-state index in [1.807, 2.05) is 46.7 Å². The molecule has 7 nitrogen and oxygen atoms in total. The molecular weight excluding hydrogens is 527 g/mol. The van der Waals surface area contributed by atoms with Crippen molar-refractivity contribution in [1.29, 1.82) is 0 Å². The predicted molar refractivity (Wildman–Crippen MR) is 132 cm³/mol. The topological polar surface area (TPSA) is 61.6 Å². The van der Waals surface area contributed by atoms with Crippen LogP contribution in [0.1, 0.15) is 12.7 Å². The molecule has 32 heavy (non-hydrogen) atoms. The van der Waals surface area contributed by atoms with Crippen molar-refractivity contribution in [3.8, 4) is 5.69 Å². The van der Waals surface area contributed by atoms with Crippen molar-refractivity contribution >= 4 is 35.6 Å². The van der Waals surface area contributed by atoms with Crippen LogP contribution in [0.5, 0.6) is 0 Å². The van der Waals surface area contributed by atoms with Gasteiger partial charge in [0.25, 0.3) is 0 Å². The molecule has 0 atom stereocenters. The van der Waals surface area contributed by atoms with Crippen LogP contribution in [-0.2, 0) is 6.54 Å². The summed E-state index contributed by atoms with van der Waals surface area (Å²) in [6.07, 6.45) is 1.68. The van der Waals surface area contributed by atoms with Crippen molar-refractivity contribution in [2.24, 2.45) is 4.99 Å². The summed E-state index contributed by atoms with van der Waals surface area (Å²) in [4.78, 5) is 8.74. The number of halogens is 3. The first-order chi connectivity index (χ1) is 15.2. The third kappa shape index (κ3) is 5.53. The van der Waals surface area contributed by atoms with Gasteiger partial charge in [-0.25, -0.2) is 13.8 Å². The Kier molecular flexibility index (Phi) is 8.37. The molecule has 0 bridgehead atoms. The van der Waals surface area contributed by atoms with Gasteiger partial charge in [-0.1, -0.05) is 18.2 Å². The minimum atomic E-state index is -0.434. The van der Waals surface area contributed by atoms with E-state index in [9.17, 15) is 8.78 Å². The normalized spacial score (nSPS) is 14.3. The Balaban J connectivity index is 0.00000289. The minimum Gasteiger partial charge on any atom is -0.366 e. The highest BCUT2D eigenvalue weighted by Crippen LogP contribution is 2.22. The number of guanidine groups is 1. The summed E-state index contributed by atoms with van der Waals surface area (Å²) in [7, 11) is 0. The summed E-state index contributed by atoms with van der Waals surface area (Å²) >= 11 is 0. The Morgan fingerprint density at radius 3 is 2.53 bits per heavy atom. The molecule has 0 amide bonds. The van der Waals surface area contributed by atoms with Crippen LogP contribution >= 0.6 is 24.0 Å². The van der Waals surface area contributed by atoms with Crippen molar-refractivity contribution in [1.82, 2.24) is 25.0 Å². The molecule has 0 unspecified atom stereocenters. The van der Waals surface area contributed by atoms with Crippen LogP contribution in [0.15, 0.2) is 59.9 Å². The Morgan fingerprint density at radius 2 is 1.81 bits per heavy atom. The van der Waals surface area contributed by atoms with E-state index in [2.05, 4.69) is 20.4 Å². The van der Waals surface area contributed by atoms with E-state index in [1.165, 1.54) is 12.1 Å². The molecule has 0 aliphatic carbocycles. The molecule has 0 saturated carbocycles. The van der Waals surface area contributed by atoms with Crippen molar-refractivity contribution in [3.05, 3.63) is 72.3 Å². The molecule has 2 aromatic carbocycles. The molecule has 1 aliphatic rings. The average molecular weight is 553 g/mol. The highest BCUT2D eigenvalue weighted by Gasteiger charge is 2.22. The fourth-order valence-corrected chi connectivity index (χ4v) is 3.63. The molecule has 1 aromatic heterocycles. The van der Waals surface area contributed by atoms with Crippen LogP contribution in [0.3, 0.4) is 0 Å². The van der Waals surface area contributed by atoms with Crippen molar-refractivity contribution in [2.45, 2.75) is 13.5 Å². The number of aromatic nitrogens is 3. The number of nitrogens with one attached hydrogen (secondary N) is 1. The molecule has 4 rings (SSSR count). The number of aliphatic imine (C=N–C) groups is 1. The molecule has 1 saturated heterocycles. The van der Waals surface area contributed by atoms with Crippen LogP contribution in [0, 0.1) is 11.6 Å². The lowest BCUT2D eigenvalue weighted by molar-refractivity contribution is 0.370. The van der Waals surface area contributed by atoms with Gasteiger partial charge in [-0.3, -0.25) is 4.57 Å². The quantitative estimate of drug-likeness (QED) is 0.298. The Labute approximate surface area is 203 Å². The first kappa shape index (κ1) is 23.9. The van der Waals surface area contributed by atoms with Crippen LogP contribution in [0.2, 0.25) is 0 Å². The zero-order valence-electron chi connectivity index (χ0n) is 17.8. The second kappa shape index (κ2) is 11.2. The number of rotatable bonds is 5. The zero-order valence-corrected chi connectivity index (χ0v) is 20.1. The molecule has 1 N–H and O–H groups in total. The van der Waals surface area contributed by atoms with Gasteiger partial charge in [0.05, 0.1) is 5.69 Å². The van der Waals surface area contributed by atoms with Gasteiger partial charge in [-0.2, -0.15) is 0 Å². The van der Waals surface area contributed by atoms with Gasteiger partial charge in [0.1, 0.15) is 24.5 Å². The van der Waals surface area contributed by atoms with E-state index in [0.29, 0.717) is 38.4 Å². The molecule has 2 heterocycles. The first-order valence-corrected chi connectivity index (χ1v) is 10.3. The molecule has 0 spiro atoms. The molecular formula is C22H26F2IN7. The number of piperazine rings is 1. The Hall–Kier alpha value is -2.76. The smallest absolute Gasteiger partial charge is 0.194 e. The van der Waals surface area contributed by atoms with E-state index >= 15 is 0 Å². The molecule has 1 fully saturated rings. The minimum absolute atomic E-state index is 0. The molecule has 170 valence electrons. The van der Waals surface area contributed by atoms with Gasteiger partial charge in [0.15, 0.2) is 11.8 Å². The van der Waals surface area contributed by atoms with Crippen LogP contribution in [-0.4, -0.2) is 58.3 Å². The maximum Gasteiger partial charge on any atom is 0.194 e. The number of hydrogen-bond acceptors (Lipinski definition) is 4. The molecule has 10 heteroatoms. The summed E-state index contributed by atoms with van der Waals surface area (Å²) < 4.78 is 29.6. The monoisotopic (exact) mass is 553 g/mol. The summed E-state index contributed by atoms with van der Waals surface area (Å²) in [6, 6.07) is 13.4. The Morgan fingerprint density at radius 1 is 1.06 bits per heavy atom. The van der Waals surface area contributed by atoms with Crippen LogP contribution in [0.25, 0.3) is 5.69 Å². The maximum absolute atomic E-state index is 14.1. The van der Waals surface area contributed by atoms with Crippen molar-refractivity contribution < 1.29 is 8.78 Å². The van der Waals surface area contributed by atoms with E-state index in [0.717, 1.165) is 30.1 Å². The van der Waals surface area contributed by atoms with Gasteiger partial charge in [0, 0.05) is 44.5 Å². The number of hydrogen-bond donors (Lipinski definition) is 1. The second-order valence-electron chi connectivity index (χ2n) is 7.19. The second-order valence-corrected chi connectivity index (χ2v) is 7.19. The predicted octanol–water partition coefficient (Wildman–Crippen LogP) is 3.45. The number of anilines is 1. The molecule has 3 aromatic rings. The maximum atomic E-state index is 14.1. The van der Waals surface area contributed by atoms with Crippen molar-refractivity contribution in [3.63, 3.8) is 0 Å². The van der Waals surface area contributed by atoms with E-state index in [1.54, 1.807) is 6.33 Å². The van der Waals surface area contributed by atoms with Crippen LogP contribution < -0.4 is 10.2 Å². The zero-order chi connectivity index (χ0) is 21.6. The third-order valence-corrected chi connectivity index (χ3v) is 5.19. The van der Waals surface area contributed by atoms with Crippen molar-refractivity contribution in [2.75, 3.05) is 37.6 Å². The van der Waals surface area contributed by atoms with Gasteiger partial charge in [0.2, 0.25) is 0 Å². The SMILES string of the molecule is CCNC(=NCc1nncn1-c1ccccc1)N1CCN(c2cc(F)ccc2F)CC1.I. The Bertz CT molecular complexity index is 1030. The molecule has 1 aliphatic heterocycles. The van der Waals surface area contributed by atoms with Crippen LogP contribution in [0.4, 0.5) is 14.5 Å². The average Bonchev–Trinajstić information content (AvgIpc) is 3.28. The van der Waals surface area contributed by atoms with Gasteiger partial charge in [-0.15, -0.1) is 34.2 Å². The van der Waals surface area contributed by atoms with E-state index < -0.39 is 11.6 Å². The first-order valence-electron chi connectivity index (χ1n) is 10.3. The lowest BCUT2D eigenvalue weighted by Crippen LogP contribution is -2.52. The van der Waals surface area contributed by atoms with Gasteiger partial charge < -0.3 is 15.1 Å². The van der Waals surface area contributed by atoms with Gasteiger partial charge in [-0.05, 0) is 31.2 Å². The fourth-order valence-electron chi connectivity index (χ4n) is 3.63. The fraction of sp³-hybridized carbons (Fsp3) is 0.318. The van der Waals surface area contributed by atoms with E-state index in [4.69, 9.17) is 4.99 Å². The third-order valence-electron chi connectivity index (χ3n) is 5.19. The number of benzene rings is 2. The number of nitrogens with zero attached hydrogens (tertiary/aromatic N) is 6. The summed E-state index contributed by atoms with van der Waals surface area (Å²) in [5, 5.41) is 11.6. The lowest BCUT2D eigenvalue weighted by Gasteiger charge is -2.37. The standard InChI is InChI=1S/C22H25F2N7.HI/c1-2-25-22(26-15-21-28-27-16-31(21)18-6-4-3-5-7-18)30-12-10-29(11-13-30)20-14-17(23)8-9-19(20)24;/h3-9,14,16H,2,10-13,15H2,1H3,(H,25,26);1H. The molecule has 0 radical (unpaired) electrons. The number of para-hydroxylation sites is 1. The largest absolute Gasteiger partial charge is 0.366 e. The summed E-state index contributed by atoms with van der Waals surface area (Å²) in [5.41, 5.74) is 1.28. The highest BCUT2D eigenvalue weighted by molar-refractivity contribution is 14.0. The van der Waals surface area contributed by atoms with E-state index in [-0.39, 0.29) is 24.0 Å². The van der Waals surface area contributed by atoms with Gasteiger partial charge >= 0.3 is 0 Å². The highest BCUT2D eigenvalue weighted by atomic mass is 127.